The van der Waals surface area contributed by atoms with E-state index in [4.69, 9.17) is 32.5 Å². The first-order valence-electron chi connectivity index (χ1n) is 10.8. The van der Waals surface area contributed by atoms with Crippen LogP contribution in [0.5, 0.6) is 0 Å². The molecule has 192 valence electrons. The van der Waals surface area contributed by atoms with E-state index in [1.807, 2.05) is 0 Å². The van der Waals surface area contributed by atoms with Crippen molar-refractivity contribution < 1.29 is 27.8 Å². The van der Waals surface area contributed by atoms with Gasteiger partial charge in [0.1, 0.15) is 11.5 Å². The maximum Gasteiger partial charge on any atom is 0.313 e. The third-order valence-corrected chi connectivity index (χ3v) is 8.66. The molecule has 1 heterocycles. The van der Waals surface area contributed by atoms with Gasteiger partial charge < -0.3 is 10.1 Å². The molecule has 0 spiro atoms. The first-order valence-corrected chi connectivity index (χ1v) is 14.5. The Morgan fingerprint density at radius 2 is 1.83 bits per heavy atom. The molecule has 1 aromatic heterocycles. The average molecular weight is 572 g/mol. The third-order valence-electron chi connectivity index (χ3n) is 5.14. The van der Waals surface area contributed by atoms with Gasteiger partial charge in [0.25, 0.3) is 0 Å². The fraction of sp³-hybridized carbons (Fsp3) is 0.280. The number of hydrogen-bond acceptors (Lipinski definition) is 6. The Morgan fingerprint density at radius 3 is 2.53 bits per heavy atom. The van der Waals surface area contributed by atoms with E-state index in [1.165, 1.54) is 48.5 Å². The molecule has 0 aliphatic rings. The van der Waals surface area contributed by atoms with Gasteiger partial charge in [0.2, 0.25) is 13.3 Å². The van der Waals surface area contributed by atoms with E-state index >= 15 is 0 Å². The second-order valence-electron chi connectivity index (χ2n) is 9.08. The maximum atomic E-state index is 14.0. The number of hydrogen-bond donors (Lipinski definition) is 1. The Balaban J connectivity index is 1.90. The van der Waals surface area contributed by atoms with Gasteiger partial charge in [0.05, 0.1) is 5.41 Å². The van der Waals surface area contributed by atoms with Gasteiger partial charge in [-0.2, -0.15) is 0 Å². The molecule has 11 heteroatoms. The van der Waals surface area contributed by atoms with Crippen LogP contribution in [0.15, 0.2) is 48.0 Å². The van der Waals surface area contributed by atoms with Gasteiger partial charge in [-0.05, 0) is 79.6 Å². The van der Waals surface area contributed by atoms with Crippen LogP contribution in [-0.2, 0) is 23.4 Å². The molecular formula is C25H25Cl2FNO5PS. The highest BCUT2D eigenvalue weighted by Crippen LogP contribution is 2.59. The van der Waals surface area contributed by atoms with E-state index in [-0.39, 0.29) is 5.56 Å². The minimum atomic E-state index is -3.76. The summed E-state index contributed by atoms with van der Waals surface area (Å²) < 4.78 is 39.2. The van der Waals surface area contributed by atoms with Crippen molar-refractivity contribution in [3.8, 4) is 0 Å². The molecule has 36 heavy (non-hydrogen) atoms. The lowest BCUT2D eigenvalue weighted by Gasteiger charge is -2.24. The summed E-state index contributed by atoms with van der Waals surface area (Å²) in [6.45, 7) is 5.74. The topological polar surface area (TPSA) is 81.7 Å². The number of amides is 1. The van der Waals surface area contributed by atoms with Gasteiger partial charge >= 0.3 is 5.97 Å². The van der Waals surface area contributed by atoms with Crippen molar-refractivity contribution in [2.75, 3.05) is 13.5 Å². The minimum absolute atomic E-state index is 0.164. The van der Waals surface area contributed by atoms with Crippen molar-refractivity contribution in [2.24, 2.45) is 5.41 Å². The van der Waals surface area contributed by atoms with Gasteiger partial charge in [-0.15, -0.1) is 11.3 Å². The predicted molar refractivity (Wildman–Crippen MR) is 143 cm³/mol. The lowest BCUT2D eigenvalue weighted by molar-refractivity contribution is -0.159. The summed E-state index contributed by atoms with van der Waals surface area (Å²) in [6, 6.07) is 9.22. The van der Waals surface area contributed by atoms with Crippen molar-refractivity contribution in [3.63, 3.8) is 0 Å². The zero-order chi connectivity index (χ0) is 26.7. The Hall–Kier alpha value is -2.22. The van der Waals surface area contributed by atoms with Crippen molar-refractivity contribution in [3.05, 3.63) is 75.0 Å². The van der Waals surface area contributed by atoms with Crippen LogP contribution < -0.4 is 5.32 Å². The second-order valence-corrected chi connectivity index (χ2v) is 13.5. The molecule has 2 unspecified atom stereocenters. The zero-order valence-corrected chi connectivity index (χ0v) is 23.2. The second kappa shape index (κ2) is 11.4. The van der Waals surface area contributed by atoms with Crippen molar-refractivity contribution in [1.29, 1.82) is 0 Å². The van der Waals surface area contributed by atoms with E-state index in [0.29, 0.717) is 21.0 Å². The number of nitrogens with one attached hydrogen (secondary N) is 1. The first kappa shape index (κ1) is 28.4. The fourth-order valence-electron chi connectivity index (χ4n) is 3.25. The fourth-order valence-corrected chi connectivity index (χ4v) is 6.30. The smallest absolute Gasteiger partial charge is 0.313 e. The molecule has 6 nitrogen and oxygen atoms in total. The summed E-state index contributed by atoms with van der Waals surface area (Å²) in [6.07, 6.45) is 2.58. The average Bonchev–Trinajstić information content (AvgIpc) is 3.17. The van der Waals surface area contributed by atoms with Crippen LogP contribution in [0.1, 0.15) is 37.6 Å². The van der Waals surface area contributed by atoms with Crippen molar-refractivity contribution in [1.82, 2.24) is 5.32 Å². The van der Waals surface area contributed by atoms with Crippen LogP contribution in [0, 0.1) is 11.2 Å². The Bertz CT molecular complexity index is 1370. The van der Waals surface area contributed by atoms with Crippen LogP contribution in [-0.4, -0.2) is 25.3 Å². The number of benzene rings is 2. The Morgan fingerprint density at radius 1 is 1.17 bits per heavy atom. The molecular weight excluding hydrogens is 547 g/mol. The molecule has 3 rings (SSSR count). The quantitative estimate of drug-likeness (QED) is 0.170. The number of thiophene rings is 1. The van der Waals surface area contributed by atoms with Gasteiger partial charge in [0.15, 0.2) is 6.79 Å². The highest BCUT2D eigenvalue weighted by atomic mass is 35.5. The molecule has 3 aromatic rings. The minimum Gasteiger partial charge on any atom is -0.438 e. The number of carbonyl (C=O) groups excluding carboxylic acids is 2. The standard InChI is InChI=1S/C25H25Cl2FNO5PS/c1-25(2,3)24(31)33-14-34-35(4,32)22(19-13-36-21-8-6-17(27)12-18(19)21)23(30)29-10-9-15-11-16(26)5-7-20(15)28/h5-13,22H,14H2,1-4H3,(H,29,30). The number of esters is 1. The highest BCUT2D eigenvalue weighted by Gasteiger charge is 2.39. The van der Waals surface area contributed by atoms with Crippen molar-refractivity contribution in [2.45, 2.75) is 26.4 Å². The maximum absolute atomic E-state index is 14.0. The zero-order valence-electron chi connectivity index (χ0n) is 20.0. The van der Waals surface area contributed by atoms with E-state index in [0.717, 1.165) is 4.70 Å². The molecule has 1 N–H and O–H groups in total. The van der Waals surface area contributed by atoms with Crippen LogP contribution >= 0.6 is 41.9 Å². The van der Waals surface area contributed by atoms with Crippen LogP contribution in [0.2, 0.25) is 10.0 Å². The summed E-state index contributed by atoms with van der Waals surface area (Å²) in [5, 5.41) is 5.70. The van der Waals surface area contributed by atoms with Crippen LogP contribution in [0.4, 0.5) is 4.39 Å². The van der Waals surface area contributed by atoms with E-state index in [9.17, 15) is 18.5 Å². The molecule has 1 amide bonds. The van der Waals surface area contributed by atoms with Gasteiger partial charge in [-0.25, -0.2) is 4.39 Å². The summed E-state index contributed by atoms with van der Waals surface area (Å²) >= 11 is 13.4. The largest absolute Gasteiger partial charge is 0.438 e. The number of rotatable bonds is 8. The monoisotopic (exact) mass is 571 g/mol. The lowest BCUT2D eigenvalue weighted by atomic mass is 9.98. The lowest BCUT2D eigenvalue weighted by Crippen LogP contribution is -2.27. The molecule has 2 aromatic carbocycles. The van der Waals surface area contributed by atoms with Crippen LogP contribution in [0.3, 0.4) is 0 Å². The molecule has 0 radical (unpaired) electrons. The predicted octanol–water partition coefficient (Wildman–Crippen LogP) is 7.65. The summed E-state index contributed by atoms with van der Waals surface area (Å²) in [5.41, 5.74) is -1.42. The molecule has 0 aliphatic carbocycles. The highest BCUT2D eigenvalue weighted by molar-refractivity contribution is 7.59. The number of halogens is 3. The first-order chi connectivity index (χ1) is 16.8. The number of fused-ring (bicyclic) bond motifs is 1. The third kappa shape index (κ3) is 6.96. The molecule has 0 fully saturated rings. The van der Waals surface area contributed by atoms with Crippen molar-refractivity contribution >= 4 is 69.9 Å². The van der Waals surface area contributed by atoms with E-state index in [1.54, 1.807) is 44.4 Å². The van der Waals surface area contributed by atoms with E-state index in [2.05, 4.69) is 5.32 Å². The van der Waals surface area contributed by atoms with E-state index < -0.39 is 42.9 Å². The molecule has 0 aliphatic heterocycles. The SMILES string of the molecule is CC(C)(C)C(=O)OCOP(C)(=O)C(C(=O)NC=Cc1cc(Cl)ccc1F)c1csc2ccc(Cl)cc12. The summed E-state index contributed by atoms with van der Waals surface area (Å²) in [4.78, 5) is 25.4. The van der Waals surface area contributed by atoms with Crippen LogP contribution in [0.25, 0.3) is 16.2 Å². The van der Waals surface area contributed by atoms with Gasteiger partial charge in [-0.3, -0.25) is 18.7 Å². The Labute approximate surface area is 222 Å². The summed E-state index contributed by atoms with van der Waals surface area (Å²) in [7, 11) is -3.76. The molecule has 2 atom stereocenters. The number of ether oxygens (including phenoxy) is 1. The molecule has 0 bridgehead atoms. The Kier molecular flexibility index (Phi) is 9.02. The molecule has 0 saturated carbocycles. The van der Waals surface area contributed by atoms with Gasteiger partial charge in [0, 0.05) is 33.2 Å². The normalized spacial score (nSPS) is 14.5. The number of carbonyl (C=O) groups is 2. The summed E-state index contributed by atoms with van der Waals surface area (Å²) in [5.74, 6) is -1.71. The molecule has 0 saturated heterocycles. The van der Waals surface area contributed by atoms with Gasteiger partial charge in [-0.1, -0.05) is 23.2 Å².